The molecule has 1 heterocycles. The highest BCUT2D eigenvalue weighted by atomic mass is 16.5. The zero-order chi connectivity index (χ0) is 20.3. The molecule has 27 heavy (non-hydrogen) atoms. The predicted octanol–water partition coefficient (Wildman–Crippen LogP) is 1.24. The molecule has 2 rings (SSSR count). The number of rotatable bonds is 7. The van der Waals surface area contributed by atoms with Crippen LogP contribution in [-0.4, -0.2) is 25.0 Å². The van der Waals surface area contributed by atoms with Gasteiger partial charge in [-0.05, 0) is 43.9 Å². The third-order valence-electron chi connectivity index (χ3n) is 4.54. The van der Waals surface area contributed by atoms with Gasteiger partial charge in [0.1, 0.15) is 11.3 Å². The third-order valence-corrected chi connectivity index (χ3v) is 4.54. The monoisotopic (exact) mass is 374 g/mol. The Balaban J connectivity index is 2.35. The van der Waals surface area contributed by atoms with Gasteiger partial charge in [0.25, 0.3) is 0 Å². The number of carboxylic acids is 1. The Labute approximate surface area is 157 Å². The molecule has 1 aromatic carbocycles. The smallest absolute Gasteiger partial charge is 0.340 e. The van der Waals surface area contributed by atoms with E-state index >= 15 is 0 Å². The number of hydrogen-bond acceptors (Lipinski definition) is 6. The Morgan fingerprint density at radius 2 is 1.89 bits per heavy atom. The van der Waals surface area contributed by atoms with Crippen LogP contribution in [0.4, 0.5) is 0 Å². The SMILES string of the molecule is COc1ccc2c(C)c(CC(=O)N[C@@H](CC(C)C)C(=O)[O-])c(=O)oc2c1C. The molecule has 0 aliphatic heterocycles. The number of amides is 1. The maximum atomic E-state index is 12.4. The number of aliphatic carboxylic acids is 1. The predicted molar refractivity (Wildman–Crippen MR) is 98.6 cm³/mol. The summed E-state index contributed by atoms with van der Waals surface area (Å²) in [4.78, 5) is 35.9. The molecule has 0 unspecified atom stereocenters. The van der Waals surface area contributed by atoms with E-state index < -0.39 is 23.5 Å². The van der Waals surface area contributed by atoms with E-state index in [0.717, 1.165) is 0 Å². The minimum absolute atomic E-state index is 0.0682. The zero-order valence-electron chi connectivity index (χ0n) is 16.2. The Kier molecular flexibility index (Phi) is 6.25. The Morgan fingerprint density at radius 1 is 1.22 bits per heavy atom. The molecular formula is C20H24NO6-. The number of nitrogens with one attached hydrogen (secondary N) is 1. The van der Waals surface area contributed by atoms with E-state index in [1.165, 1.54) is 7.11 Å². The quantitative estimate of drug-likeness (QED) is 0.731. The van der Waals surface area contributed by atoms with Gasteiger partial charge in [-0.25, -0.2) is 4.79 Å². The van der Waals surface area contributed by atoms with Crippen molar-refractivity contribution >= 4 is 22.8 Å². The van der Waals surface area contributed by atoms with Crippen LogP contribution >= 0.6 is 0 Å². The van der Waals surface area contributed by atoms with Crippen molar-refractivity contribution in [2.45, 2.75) is 46.6 Å². The van der Waals surface area contributed by atoms with Gasteiger partial charge in [0.15, 0.2) is 0 Å². The molecule has 1 N–H and O–H groups in total. The summed E-state index contributed by atoms with van der Waals surface area (Å²) >= 11 is 0. The summed E-state index contributed by atoms with van der Waals surface area (Å²) in [6.07, 6.45) is -0.0184. The summed E-state index contributed by atoms with van der Waals surface area (Å²) in [7, 11) is 1.53. The van der Waals surface area contributed by atoms with E-state index in [9.17, 15) is 19.5 Å². The second kappa shape index (κ2) is 8.24. The molecule has 1 atom stereocenters. The van der Waals surface area contributed by atoms with E-state index in [1.807, 2.05) is 13.8 Å². The summed E-state index contributed by atoms with van der Waals surface area (Å²) in [6, 6.07) is 2.43. The topological polar surface area (TPSA) is 109 Å². The minimum atomic E-state index is -1.35. The van der Waals surface area contributed by atoms with Gasteiger partial charge in [-0.1, -0.05) is 13.8 Å². The highest BCUT2D eigenvalue weighted by Crippen LogP contribution is 2.29. The fraction of sp³-hybridized carbons (Fsp3) is 0.450. The molecule has 0 saturated carbocycles. The fourth-order valence-electron chi connectivity index (χ4n) is 3.09. The first-order valence-electron chi connectivity index (χ1n) is 8.75. The number of hydrogen-bond donors (Lipinski definition) is 1. The molecule has 0 aliphatic carbocycles. The number of methoxy groups -OCH3 is 1. The average molecular weight is 374 g/mol. The van der Waals surface area contributed by atoms with Gasteiger partial charge in [-0.3, -0.25) is 4.79 Å². The van der Waals surface area contributed by atoms with E-state index in [-0.39, 0.29) is 24.3 Å². The van der Waals surface area contributed by atoms with Crippen molar-refractivity contribution in [3.05, 3.63) is 39.2 Å². The molecule has 0 bridgehead atoms. The first-order chi connectivity index (χ1) is 12.6. The Morgan fingerprint density at radius 3 is 2.44 bits per heavy atom. The van der Waals surface area contributed by atoms with E-state index in [0.29, 0.717) is 27.8 Å². The van der Waals surface area contributed by atoms with Gasteiger partial charge in [0.2, 0.25) is 5.91 Å². The molecular weight excluding hydrogens is 350 g/mol. The first-order valence-corrected chi connectivity index (χ1v) is 8.75. The molecule has 0 fully saturated rings. The van der Waals surface area contributed by atoms with Crippen LogP contribution in [0, 0.1) is 19.8 Å². The third kappa shape index (κ3) is 4.48. The highest BCUT2D eigenvalue weighted by molar-refractivity contribution is 5.88. The van der Waals surface area contributed by atoms with Crippen LogP contribution in [0.25, 0.3) is 11.0 Å². The van der Waals surface area contributed by atoms with Gasteiger partial charge < -0.3 is 24.4 Å². The highest BCUT2D eigenvalue weighted by Gasteiger charge is 2.20. The van der Waals surface area contributed by atoms with Crippen LogP contribution in [0.2, 0.25) is 0 Å². The van der Waals surface area contributed by atoms with Crippen LogP contribution in [0.3, 0.4) is 0 Å². The number of carboxylic acid groups (broad SMARTS) is 1. The largest absolute Gasteiger partial charge is 0.548 e. The molecule has 0 aliphatic rings. The molecule has 0 radical (unpaired) electrons. The minimum Gasteiger partial charge on any atom is -0.548 e. The maximum absolute atomic E-state index is 12.4. The van der Waals surface area contributed by atoms with Crippen molar-refractivity contribution in [3.8, 4) is 5.75 Å². The van der Waals surface area contributed by atoms with Crippen LogP contribution < -0.4 is 20.8 Å². The zero-order valence-corrected chi connectivity index (χ0v) is 16.2. The number of benzene rings is 1. The normalized spacial score (nSPS) is 12.2. The lowest BCUT2D eigenvalue weighted by Gasteiger charge is -2.21. The maximum Gasteiger partial charge on any atom is 0.340 e. The van der Waals surface area contributed by atoms with Crippen molar-refractivity contribution in [2.24, 2.45) is 5.92 Å². The summed E-state index contributed by atoms with van der Waals surface area (Å²) in [5, 5.41) is 14.3. The van der Waals surface area contributed by atoms with E-state index in [2.05, 4.69) is 5.32 Å². The van der Waals surface area contributed by atoms with Crippen molar-refractivity contribution in [1.82, 2.24) is 5.32 Å². The number of carbonyl (C=O) groups is 2. The van der Waals surface area contributed by atoms with Crippen LogP contribution in [-0.2, 0) is 16.0 Å². The van der Waals surface area contributed by atoms with E-state index in [1.54, 1.807) is 26.0 Å². The number of ether oxygens (including phenoxy) is 1. The van der Waals surface area contributed by atoms with Crippen molar-refractivity contribution < 1.29 is 23.8 Å². The summed E-state index contributed by atoms with van der Waals surface area (Å²) < 4.78 is 10.7. The second-order valence-electron chi connectivity index (χ2n) is 7.01. The lowest BCUT2D eigenvalue weighted by molar-refractivity contribution is -0.308. The summed E-state index contributed by atoms with van der Waals surface area (Å²) in [5.74, 6) is -1.24. The van der Waals surface area contributed by atoms with Gasteiger partial charge in [0, 0.05) is 10.9 Å². The van der Waals surface area contributed by atoms with E-state index in [4.69, 9.17) is 9.15 Å². The average Bonchev–Trinajstić information content (AvgIpc) is 2.58. The Hall–Kier alpha value is -2.83. The molecule has 2 aromatic rings. The fourth-order valence-corrected chi connectivity index (χ4v) is 3.09. The van der Waals surface area contributed by atoms with Gasteiger partial charge >= 0.3 is 5.63 Å². The lowest BCUT2D eigenvalue weighted by Crippen LogP contribution is -2.49. The molecule has 0 saturated heterocycles. The number of aryl methyl sites for hydroxylation is 2. The molecule has 1 amide bonds. The van der Waals surface area contributed by atoms with Crippen LogP contribution in [0.5, 0.6) is 5.75 Å². The van der Waals surface area contributed by atoms with Crippen molar-refractivity contribution in [1.29, 1.82) is 0 Å². The number of fused-ring (bicyclic) bond motifs is 1. The van der Waals surface area contributed by atoms with Crippen LogP contribution in [0.1, 0.15) is 37.0 Å². The van der Waals surface area contributed by atoms with Gasteiger partial charge in [-0.15, -0.1) is 0 Å². The molecule has 7 heteroatoms. The van der Waals surface area contributed by atoms with Gasteiger partial charge in [-0.2, -0.15) is 0 Å². The molecule has 1 aromatic heterocycles. The van der Waals surface area contributed by atoms with Crippen molar-refractivity contribution in [2.75, 3.05) is 7.11 Å². The summed E-state index contributed by atoms with van der Waals surface area (Å²) in [5.41, 5.74) is 1.30. The standard InChI is InChI=1S/C20H25NO6/c1-10(2)8-15(19(23)24)21-17(22)9-14-11(3)13-6-7-16(26-5)12(4)18(13)27-20(14)25/h6-7,10,15H,8-9H2,1-5H3,(H,21,22)(H,23,24)/p-1/t15-/m0/s1. The lowest BCUT2D eigenvalue weighted by atomic mass is 10.0. The van der Waals surface area contributed by atoms with Gasteiger partial charge in [0.05, 0.1) is 31.1 Å². The first kappa shape index (κ1) is 20.5. The summed E-state index contributed by atoms with van der Waals surface area (Å²) in [6.45, 7) is 7.21. The van der Waals surface area contributed by atoms with Crippen molar-refractivity contribution in [3.63, 3.8) is 0 Å². The molecule has 7 nitrogen and oxygen atoms in total. The molecule has 146 valence electrons. The second-order valence-corrected chi connectivity index (χ2v) is 7.01. The Bertz CT molecular complexity index is 928. The number of carbonyl (C=O) groups excluding carboxylic acids is 2. The van der Waals surface area contributed by atoms with Crippen LogP contribution in [0.15, 0.2) is 21.3 Å². The molecule has 0 spiro atoms.